The Morgan fingerprint density at radius 2 is 1.63 bits per heavy atom. The van der Waals surface area contributed by atoms with Gasteiger partial charge >= 0.3 is 0 Å². The van der Waals surface area contributed by atoms with E-state index in [1.165, 1.54) is 15.8 Å². The normalized spacial score (nSPS) is 13.2. The average Bonchev–Trinajstić information content (AvgIpc) is 3.27. The van der Waals surface area contributed by atoms with E-state index < -0.39 is 0 Å². The molecule has 0 aliphatic carbocycles. The number of aromatic amines is 1. The summed E-state index contributed by atoms with van der Waals surface area (Å²) in [5.41, 5.74) is 3.21. The second kappa shape index (κ2) is 9.02. The number of imide groups is 1. The van der Waals surface area contributed by atoms with Crippen molar-refractivity contribution in [2.24, 2.45) is 4.99 Å². The summed E-state index contributed by atoms with van der Waals surface area (Å²) >= 11 is 12.4. The van der Waals surface area contributed by atoms with Crippen LogP contribution in [0, 0.1) is 6.92 Å². The lowest BCUT2D eigenvalue weighted by atomic mass is 10.1. The quantitative estimate of drug-likeness (QED) is 0.294. The van der Waals surface area contributed by atoms with Crippen LogP contribution in [-0.4, -0.2) is 32.7 Å². The van der Waals surface area contributed by atoms with E-state index in [0.717, 1.165) is 0 Å². The highest BCUT2D eigenvalue weighted by Crippen LogP contribution is 2.28. The first kappa shape index (κ1) is 22.8. The molecule has 4 aromatic rings. The Kier molecular flexibility index (Phi) is 5.88. The van der Waals surface area contributed by atoms with Crippen LogP contribution in [0.15, 0.2) is 76.5 Å². The molecule has 3 aromatic carbocycles. The molecule has 2 amide bonds. The maximum absolute atomic E-state index is 12.9. The highest BCUT2D eigenvalue weighted by molar-refractivity contribution is 6.31. The van der Waals surface area contributed by atoms with Gasteiger partial charge in [-0.3, -0.25) is 29.4 Å². The number of benzene rings is 3. The van der Waals surface area contributed by atoms with Gasteiger partial charge in [0.1, 0.15) is 0 Å². The maximum atomic E-state index is 12.9. The average molecular weight is 505 g/mol. The van der Waals surface area contributed by atoms with Crippen molar-refractivity contribution >= 4 is 46.9 Å². The minimum absolute atomic E-state index is 0.0132. The molecule has 35 heavy (non-hydrogen) atoms. The molecule has 0 fully saturated rings. The Hall–Kier alpha value is -3.94. The number of carbonyl (C=O) groups is 2. The first-order chi connectivity index (χ1) is 16.8. The molecule has 5 rings (SSSR count). The predicted molar refractivity (Wildman–Crippen MR) is 135 cm³/mol. The molecular weight excluding hydrogens is 487 g/mol. The molecule has 2 heterocycles. The number of aryl methyl sites for hydroxylation is 1. The van der Waals surface area contributed by atoms with Crippen LogP contribution < -0.4 is 5.56 Å². The van der Waals surface area contributed by atoms with Gasteiger partial charge in [0.05, 0.1) is 34.6 Å². The largest absolute Gasteiger partial charge is 0.295 e. The van der Waals surface area contributed by atoms with Gasteiger partial charge in [-0.2, -0.15) is 0 Å². The molecule has 9 heteroatoms. The lowest BCUT2D eigenvalue weighted by Gasteiger charge is -2.15. The molecule has 0 saturated carbocycles. The minimum atomic E-state index is -0.361. The van der Waals surface area contributed by atoms with Gasteiger partial charge in [0.25, 0.3) is 17.4 Å². The van der Waals surface area contributed by atoms with Crippen molar-refractivity contribution in [1.82, 2.24) is 14.7 Å². The Balaban J connectivity index is 1.42. The van der Waals surface area contributed by atoms with Crippen LogP contribution in [-0.2, 0) is 6.54 Å². The van der Waals surface area contributed by atoms with Gasteiger partial charge in [-0.1, -0.05) is 41.4 Å². The molecule has 1 aliphatic rings. The van der Waals surface area contributed by atoms with Crippen LogP contribution in [0.1, 0.15) is 37.5 Å². The summed E-state index contributed by atoms with van der Waals surface area (Å²) in [5, 5.41) is 3.95. The fraction of sp³-hybridized carbons (Fsp3) is 0.0769. The Labute approximate surface area is 210 Å². The highest BCUT2D eigenvalue weighted by atomic mass is 35.5. The fourth-order valence-corrected chi connectivity index (χ4v) is 4.33. The van der Waals surface area contributed by atoms with Crippen molar-refractivity contribution in [3.63, 3.8) is 0 Å². The lowest BCUT2D eigenvalue weighted by Crippen LogP contribution is -2.29. The van der Waals surface area contributed by atoms with Gasteiger partial charge < -0.3 is 0 Å². The third-order valence-electron chi connectivity index (χ3n) is 5.76. The van der Waals surface area contributed by atoms with E-state index in [4.69, 9.17) is 23.2 Å². The molecule has 1 N–H and O–H groups in total. The molecule has 174 valence electrons. The first-order valence-electron chi connectivity index (χ1n) is 10.7. The van der Waals surface area contributed by atoms with E-state index in [-0.39, 0.29) is 23.9 Å². The van der Waals surface area contributed by atoms with E-state index in [9.17, 15) is 14.4 Å². The SMILES string of the molecule is Cc1[nH]n(-c2cccc(Cl)c2)c(=O)c1C=Nc1ccc(Cl)c(CN2C(=O)c3ccccc3C2=O)c1. The van der Waals surface area contributed by atoms with Gasteiger partial charge in [-0.25, -0.2) is 4.68 Å². The number of amides is 2. The highest BCUT2D eigenvalue weighted by Gasteiger charge is 2.35. The molecule has 7 nitrogen and oxygen atoms in total. The number of carbonyl (C=O) groups excluding carboxylic acids is 2. The van der Waals surface area contributed by atoms with E-state index in [2.05, 4.69) is 10.1 Å². The van der Waals surface area contributed by atoms with Crippen LogP contribution in [0.3, 0.4) is 0 Å². The summed E-state index contributed by atoms with van der Waals surface area (Å²) in [5.74, 6) is -0.722. The Morgan fingerprint density at radius 1 is 0.914 bits per heavy atom. The van der Waals surface area contributed by atoms with Gasteiger partial charge in [-0.15, -0.1) is 0 Å². The van der Waals surface area contributed by atoms with Gasteiger partial charge in [0, 0.05) is 22.0 Å². The molecule has 0 spiro atoms. The van der Waals surface area contributed by atoms with Gasteiger partial charge in [0.2, 0.25) is 0 Å². The van der Waals surface area contributed by atoms with E-state index >= 15 is 0 Å². The summed E-state index contributed by atoms with van der Waals surface area (Å²) < 4.78 is 1.40. The molecular formula is C26H18Cl2N4O3. The van der Waals surface area contributed by atoms with Crippen molar-refractivity contribution in [3.05, 3.63) is 115 Å². The number of fused-ring (bicyclic) bond motifs is 1. The number of aliphatic imine (C=N–C) groups is 1. The number of halogens is 2. The number of H-pyrrole nitrogens is 1. The number of hydrogen-bond acceptors (Lipinski definition) is 4. The molecule has 1 aromatic heterocycles. The van der Waals surface area contributed by atoms with Crippen molar-refractivity contribution in [1.29, 1.82) is 0 Å². The fourth-order valence-electron chi connectivity index (χ4n) is 3.96. The Morgan fingerprint density at radius 3 is 2.31 bits per heavy atom. The van der Waals surface area contributed by atoms with E-state index in [0.29, 0.717) is 49.4 Å². The van der Waals surface area contributed by atoms with Crippen molar-refractivity contribution < 1.29 is 9.59 Å². The van der Waals surface area contributed by atoms with Crippen molar-refractivity contribution in [2.45, 2.75) is 13.5 Å². The third kappa shape index (κ3) is 4.20. The molecule has 0 saturated heterocycles. The lowest BCUT2D eigenvalue weighted by molar-refractivity contribution is 0.0642. The first-order valence-corrected chi connectivity index (χ1v) is 11.4. The maximum Gasteiger partial charge on any atom is 0.280 e. The molecule has 1 aliphatic heterocycles. The zero-order valence-corrected chi connectivity index (χ0v) is 20.0. The zero-order valence-electron chi connectivity index (χ0n) is 18.5. The van der Waals surface area contributed by atoms with Gasteiger partial charge in [-0.05, 0) is 61.0 Å². The Bertz CT molecular complexity index is 1550. The van der Waals surface area contributed by atoms with Crippen molar-refractivity contribution in [3.8, 4) is 5.69 Å². The second-order valence-electron chi connectivity index (χ2n) is 8.05. The summed E-state index contributed by atoms with van der Waals surface area (Å²) in [6.45, 7) is 1.79. The van der Waals surface area contributed by atoms with E-state index in [1.807, 2.05) is 0 Å². The number of aromatic nitrogens is 2. The monoisotopic (exact) mass is 504 g/mol. The third-order valence-corrected chi connectivity index (χ3v) is 6.37. The summed E-state index contributed by atoms with van der Waals surface area (Å²) in [4.78, 5) is 44.0. The number of rotatable bonds is 5. The van der Waals surface area contributed by atoms with Crippen LogP contribution in [0.4, 0.5) is 5.69 Å². The number of nitrogens with one attached hydrogen (secondary N) is 1. The zero-order chi connectivity index (χ0) is 24.7. The topological polar surface area (TPSA) is 87.5 Å². The summed E-state index contributed by atoms with van der Waals surface area (Å²) in [6, 6.07) is 18.7. The summed E-state index contributed by atoms with van der Waals surface area (Å²) in [6.07, 6.45) is 1.48. The van der Waals surface area contributed by atoms with E-state index in [1.54, 1.807) is 73.7 Å². The molecule has 0 radical (unpaired) electrons. The minimum Gasteiger partial charge on any atom is -0.295 e. The second-order valence-corrected chi connectivity index (χ2v) is 8.89. The smallest absolute Gasteiger partial charge is 0.280 e. The standard InChI is InChI=1S/C26H18Cl2N4O3/c1-15-22(26(35)32(30-15)19-6-4-5-17(27)12-19)13-29-18-9-10-23(28)16(11-18)14-31-24(33)20-7-2-3-8-21(20)25(31)34/h2-13,30H,14H2,1H3. The summed E-state index contributed by atoms with van der Waals surface area (Å²) in [7, 11) is 0. The van der Waals surface area contributed by atoms with Crippen LogP contribution >= 0.6 is 23.2 Å². The van der Waals surface area contributed by atoms with Crippen LogP contribution in [0.2, 0.25) is 10.0 Å². The molecule has 0 bridgehead atoms. The van der Waals surface area contributed by atoms with Crippen molar-refractivity contribution in [2.75, 3.05) is 0 Å². The molecule has 0 atom stereocenters. The van der Waals surface area contributed by atoms with Crippen LogP contribution in [0.5, 0.6) is 0 Å². The van der Waals surface area contributed by atoms with Crippen LogP contribution in [0.25, 0.3) is 5.69 Å². The predicted octanol–water partition coefficient (Wildman–Crippen LogP) is 5.33. The van der Waals surface area contributed by atoms with Gasteiger partial charge in [0.15, 0.2) is 0 Å². The molecule has 0 unspecified atom stereocenters. The number of hydrogen-bond donors (Lipinski definition) is 1. The number of nitrogens with zero attached hydrogens (tertiary/aromatic N) is 3.